The molecule has 1 fully saturated rings. The lowest BCUT2D eigenvalue weighted by Crippen LogP contribution is -2.31. The number of aryl methyl sites for hydroxylation is 1. The first-order chi connectivity index (χ1) is 8.20. The van der Waals surface area contributed by atoms with Crippen molar-refractivity contribution in [2.24, 2.45) is 5.73 Å². The summed E-state index contributed by atoms with van der Waals surface area (Å²) in [6.07, 6.45) is 1.45. The molecule has 0 aromatic heterocycles. The van der Waals surface area contributed by atoms with E-state index in [0.29, 0.717) is 19.6 Å². The summed E-state index contributed by atoms with van der Waals surface area (Å²) in [4.78, 5) is 11.1. The molecule has 1 aromatic rings. The molecule has 0 spiro atoms. The molecule has 2 rings (SSSR count). The molecule has 1 aliphatic rings. The maximum atomic E-state index is 11.1. The van der Waals surface area contributed by atoms with Gasteiger partial charge < -0.3 is 15.8 Å². The van der Waals surface area contributed by atoms with Gasteiger partial charge in [-0.25, -0.2) is 0 Å². The molecule has 1 unspecified atom stereocenters. The third kappa shape index (κ3) is 2.77. The third-order valence-corrected chi connectivity index (χ3v) is 3.03. The molecule has 4 nitrogen and oxygen atoms in total. The van der Waals surface area contributed by atoms with Crippen LogP contribution in [0.25, 0.3) is 0 Å². The Morgan fingerprint density at radius 3 is 3.00 bits per heavy atom. The number of nitrogens with one attached hydrogen (secondary N) is 1. The molecule has 92 valence electrons. The smallest absolute Gasteiger partial charge is 0.220 e. The fourth-order valence-corrected chi connectivity index (χ4v) is 2.07. The van der Waals surface area contributed by atoms with Crippen LogP contribution in [-0.4, -0.2) is 18.6 Å². The van der Waals surface area contributed by atoms with E-state index in [1.807, 2.05) is 25.1 Å². The number of hydrogen-bond donors (Lipinski definition) is 2. The van der Waals surface area contributed by atoms with Crippen LogP contribution in [0.4, 0.5) is 0 Å². The van der Waals surface area contributed by atoms with Crippen molar-refractivity contribution in [2.45, 2.75) is 32.4 Å². The van der Waals surface area contributed by atoms with E-state index in [1.165, 1.54) is 0 Å². The lowest BCUT2D eigenvalue weighted by atomic mass is 10.1. The van der Waals surface area contributed by atoms with Crippen LogP contribution in [-0.2, 0) is 11.3 Å². The Bertz CT molecular complexity index is 418. The average Bonchev–Trinajstić information content (AvgIpc) is 2.73. The van der Waals surface area contributed by atoms with Gasteiger partial charge in [-0.2, -0.15) is 0 Å². The molecule has 1 aliphatic heterocycles. The van der Waals surface area contributed by atoms with Crippen LogP contribution in [0.15, 0.2) is 18.2 Å². The highest BCUT2D eigenvalue weighted by Crippen LogP contribution is 2.23. The molecule has 4 heteroatoms. The Morgan fingerprint density at radius 2 is 2.35 bits per heavy atom. The van der Waals surface area contributed by atoms with Crippen LogP contribution < -0.4 is 15.8 Å². The Balaban J connectivity index is 2.01. The Hall–Kier alpha value is -1.55. The van der Waals surface area contributed by atoms with Crippen molar-refractivity contribution >= 4 is 5.91 Å². The molecule has 3 N–H and O–H groups in total. The van der Waals surface area contributed by atoms with Gasteiger partial charge in [0, 0.05) is 18.5 Å². The molecular formula is C13H18N2O2. The quantitative estimate of drug-likeness (QED) is 0.820. The standard InChI is InChI=1S/C13H18N2O2/c1-9-3-2-4-10(7-14)13(9)17-8-11-5-6-12(16)15-11/h2-4,11H,5-8,14H2,1H3,(H,15,16). The monoisotopic (exact) mass is 234 g/mol. The van der Waals surface area contributed by atoms with Gasteiger partial charge in [-0.15, -0.1) is 0 Å². The topological polar surface area (TPSA) is 64.3 Å². The highest BCUT2D eigenvalue weighted by Gasteiger charge is 2.21. The number of amides is 1. The van der Waals surface area contributed by atoms with E-state index in [9.17, 15) is 4.79 Å². The molecule has 1 atom stereocenters. The molecule has 0 aliphatic carbocycles. The Labute approximate surface area is 101 Å². The number of para-hydroxylation sites is 1. The van der Waals surface area contributed by atoms with Gasteiger partial charge in [0.1, 0.15) is 12.4 Å². The zero-order chi connectivity index (χ0) is 12.3. The first kappa shape index (κ1) is 11.9. The number of carbonyl (C=O) groups is 1. The second kappa shape index (κ2) is 5.19. The predicted octanol–water partition coefficient (Wildman–Crippen LogP) is 1.11. The summed E-state index contributed by atoms with van der Waals surface area (Å²) in [5.74, 6) is 0.971. The van der Waals surface area contributed by atoms with E-state index >= 15 is 0 Å². The fraction of sp³-hybridized carbons (Fsp3) is 0.462. The summed E-state index contributed by atoms with van der Waals surface area (Å²) < 4.78 is 5.80. The van der Waals surface area contributed by atoms with Gasteiger partial charge in [-0.05, 0) is 18.9 Å². The van der Waals surface area contributed by atoms with Crippen molar-refractivity contribution in [3.63, 3.8) is 0 Å². The van der Waals surface area contributed by atoms with Crippen molar-refractivity contribution in [1.29, 1.82) is 0 Å². The summed E-state index contributed by atoms with van der Waals surface area (Å²) >= 11 is 0. The molecule has 1 aromatic carbocycles. The average molecular weight is 234 g/mol. The number of carbonyl (C=O) groups excluding carboxylic acids is 1. The van der Waals surface area contributed by atoms with Gasteiger partial charge in [0.2, 0.25) is 5.91 Å². The molecule has 0 saturated carbocycles. The normalized spacial score (nSPS) is 19.2. The van der Waals surface area contributed by atoms with Crippen molar-refractivity contribution in [3.8, 4) is 5.75 Å². The summed E-state index contributed by atoms with van der Waals surface area (Å²) in [5.41, 5.74) is 7.77. The highest BCUT2D eigenvalue weighted by molar-refractivity contribution is 5.78. The van der Waals surface area contributed by atoms with Crippen molar-refractivity contribution in [2.75, 3.05) is 6.61 Å². The SMILES string of the molecule is Cc1cccc(CN)c1OCC1CCC(=O)N1. The van der Waals surface area contributed by atoms with Crippen molar-refractivity contribution in [3.05, 3.63) is 29.3 Å². The molecule has 1 saturated heterocycles. The number of benzene rings is 1. The zero-order valence-electron chi connectivity index (χ0n) is 10.0. The largest absolute Gasteiger partial charge is 0.491 e. The first-order valence-electron chi connectivity index (χ1n) is 5.91. The van der Waals surface area contributed by atoms with E-state index in [0.717, 1.165) is 23.3 Å². The minimum absolute atomic E-state index is 0.113. The number of ether oxygens (including phenoxy) is 1. The number of rotatable bonds is 4. The zero-order valence-corrected chi connectivity index (χ0v) is 10.0. The lowest BCUT2D eigenvalue weighted by molar-refractivity contribution is -0.119. The van der Waals surface area contributed by atoms with Crippen LogP contribution in [0, 0.1) is 6.92 Å². The number of hydrogen-bond acceptors (Lipinski definition) is 3. The van der Waals surface area contributed by atoms with Crippen molar-refractivity contribution in [1.82, 2.24) is 5.32 Å². The van der Waals surface area contributed by atoms with Crippen LogP contribution in [0.3, 0.4) is 0 Å². The summed E-state index contributed by atoms with van der Waals surface area (Å²) in [7, 11) is 0. The van der Waals surface area contributed by atoms with E-state index in [4.69, 9.17) is 10.5 Å². The predicted molar refractivity (Wildman–Crippen MR) is 65.7 cm³/mol. The lowest BCUT2D eigenvalue weighted by Gasteiger charge is -2.16. The summed E-state index contributed by atoms with van der Waals surface area (Å²) in [5, 5.41) is 2.89. The first-order valence-corrected chi connectivity index (χ1v) is 5.91. The minimum atomic E-state index is 0.113. The van der Waals surface area contributed by atoms with E-state index in [1.54, 1.807) is 0 Å². The molecular weight excluding hydrogens is 216 g/mol. The van der Waals surface area contributed by atoms with E-state index in [2.05, 4.69) is 5.32 Å². The minimum Gasteiger partial charge on any atom is -0.491 e. The van der Waals surface area contributed by atoms with Gasteiger partial charge in [0.15, 0.2) is 0 Å². The second-order valence-corrected chi connectivity index (χ2v) is 4.38. The maximum absolute atomic E-state index is 11.1. The van der Waals surface area contributed by atoms with Crippen LogP contribution in [0.1, 0.15) is 24.0 Å². The Kier molecular flexibility index (Phi) is 3.64. The van der Waals surface area contributed by atoms with Gasteiger partial charge in [0.25, 0.3) is 0 Å². The summed E-state index contributed by atoms with van der Waals surface area (Å²) in [6.45, 7) is 2.99. The van der Waals surface area contributed by atoms with Crippen molar-refractivity contribution < 1.29 is 9.53 Å². The molecule has 1 amide bonds. The van der Waals surface area contributed by atoms with Gasteiger partial charge >= 0.3 is 0 Å². The van der Waals surface area contributed by atoms with Gasteiger partial charge in [-0.3, -0.25) is 4.79 Å². The van der Waals surface area contributed by atoms with Gasteiger partial charge in [0.05, 0.1) is 6.04 Å². The number of nitrogens with two attached hydrogens (primary N) is 1. The molecule has 1 heterocycles. The Morgan fingerprint density at radius 1 is 1.53 bits per heavy atom. The molecule has 0 radical (unpaired) electrons. The van der Waals surface area contributed by atoms with Gasteiger partial charge in [-0.1, -0.05) is 18.2 Å². The molecule has 0 bridgehead atoms. The van der Waals surface area contributed by atoms with E-state index < -0.39 is 0 Å². The van der Waals surface area contributed by atoms with Crippen LogP contribution in [0.2, 0.25) is 0 Å². The van der Waals surface area contributed by atoms with Crippen LogP contribution >= 0.6 is 0 Å². The van der Waals surface area contributed by atoms with Crippen LogP contribution in [0.5, 0.6) is 5.75 Å². The van der Waals surface area contributed by atoms with E-state index in [-0.39, 0.29) is 11.9 Å². The second-order valence-electron chi connectivity index (χ2n) is 4.38. The summed E-state index contributed by atoms with van der Waals surface area (Å²) in [6, 6.07) is 6.08. The fourth-order valence-electron chi connectivity index (χ4n) is 2.07. The third-order valence-electron chi connectivity index (χ3n) is 3.03. The highest BCUT2D eigenvalue weighted by atomic mass is 16.5. The maximum Gasteiger partial charge on any atom is 0.220 e. The molecule has 17 heavy (non-hydrogen) atoms.